The number of hydrogen-bond acceptors (Lipinski definition) is 5. The molecule has 6 heteroatoms. The molecule has 0 aliphatic rings. The average Bonchev–Trinajstić information content (AvgIpc) is 2.16. The molecule has 2 N–H and O–H groups in total. The third-order valence-corrected chi connectivity index (χ3v) is 7.17. The number of methoxy groups -OCH3 is 1. The summed E-state index contributed by atoms with van der Waals surface area (Å²) in [6, 6.07) is -0.820. The highest BCUT2D eigenvalue weighted by Gasteiger charge is 2.39. The van der Waals surface area contributed by atoms with E-state index in [0.717, 1.165) is 0 Å². The van der Waals surface area contributed by atoms with Crippen LogP contribution in [-0.4, -0.2) is 39.2 Å². The zero-order valence-electron chi connectivity index (χ0n) is 11.0. The molecule has 0 saturated heterocycles. The molecular formula is C10H23NO4Si. The first-order chi connectivity index (χ1) is 7.15. The maximum Gasteiger partial charge on any atom is 0.327 e. The summed E-state index contributed by atoms with van der Waals surface area (Å²) in [6.45, 7) is 10.0. The van der Waals surface area contributed by atoms with Crippen molar-refractivity contribution < 1.29 is 19.2 Å². The Labute approximate surface area is 98.2 Å². The molecule has 0 rings (SSSR count). The topological polar surface area (TPSA) is 67.8 Å². The Kier molecular flexibility index (Phi) is 5.61. The number of rotatable bonds is 5. The van der Waals surface area contributed by atoms with Crippen molar-refractivity contribution in [1.29, 1.82) is 0 Å². The molecule has 0 aromatic rings. The minimum absolute atomic E-state index is 0.0378. The van der Waals surface area contributed by atoms with Gasteiger partial charge < -0.3 is 14.4 Å². The number of carbonyl (C=O) groups is 1. The molecule has 0 bridgehead atoms. The summed E-state index contributed by atoms with van der Waals surface area (Å²) in [5.41, 5.74) is 2.60. The summed E-state index contributed by atoms with van der Waals surface area (Å²) in [5, 5.41) is 9.04. The second-order valence-electron chi connectivity index (χ2n) is 5.24. The fourth-order valence-corrected chi connectivity index (χ4v) is 1.42. The van der Waals surface area contributed by atoms with Crippen molar-refractivity contribution in [3.8, 4) is 0 Å². The van der Waals surface area contributed by atoms with E-state index in [1.54, 1.807) is 0 Å². The van der Waals surface area contributed by atoms with Crippen LogP contribution in [0.3, 0.4) is 0 Å². The maximum atomic E-state index is 11.2. The summed E-state index contributed by atoms with van der Waals surface area (Å²) in [7, 11) is -0.696. The molecule has 1 atom stereocenters. The Balaban J connectivity index is 4.37. The van der Waals surface area contributed by atoms with Gasteiger partial charge in [-0.15, -0.1) is 0 Å². The Hall–Kier alpha value is -0.433. The van der Waals surface area contributed by atoms with Gasteiger partial charge in [-0.3, -0.25) is 4.79 Å². The quantitative estimate of drug-likeness (QED) is 0.433. The van der Waals surface area contributed by atoms with Crippen LogP contribution in [0.2, 0.25) is 18.1 Å². The average molecular weight is 249 g/mol. The van der Waals surface area contributed by atoms with Crippen molar-refractivity contribution in [3.63, 3.8) is 0 Å². The summed E-state index contributed by atoms with van der Waals surface area (Å²) in [5.74, 6) is -0.527. The molecule has 0 aromatic heterocycles. The number of carbonyl (C=O) groups excluding carboxylic acids is 1. The zero-order chi connectivity index (χ0) is 13.0. The lowest BCUT2D eigenvalue weighted by molar-refractivity contribution is -0.146. The van der Waals surface area contributed by atoms with Crippen LogP contribution in [0.25, 0.3) is 0 Å². The van der Waals surface area contributed by atoms with Crippen LogP contribution >= 0.6 is 0 Å². The van der Waals surface area contributed by atoms with Gasteiger partial charge in [0.2, 0.25) is 8.32 Å². The SMILES string of the molecule is COC(=O)[C@@H](CO)NO[Si](C)(C)C(C)(C)C. The highest BCUT2D eigenvalue weighted by molar-refractivity contribution is 6.74. The standard InChI is InChI=1S/C10H23NO4Si/c1-10(2,3)16(5,6)15-11-8(7-12)9(13)14-4/h8,11-12H,7H2,1-6H3/t8-/m1/s1. The van der Waals surface area contributed by atoms with E-state index in [-0.39, 0.29) is 11.6 Å². The minimum Gasteiger partial charge on any atom is -0.468 e. The molecule has 5 nitrogen and oxygen atoms in total. The number of aliphatic hydroxyl groups is 1. The van der Waals surface area contributed by atoms with Crippen LogP contribution < -0.4 is 5.48 Å². The smallest absolute Gasteiger partial charge is 0.327 e. The fourth-order valence-electron chi connectivity index (χ4n) is 0.674. The van der Waals surface area contributed by atoms with Gasteiger partial charge in [0.25, 0.3) is 0 Å². The monoisotopic (exact) mass is 249 g/mol. The lowest BCUT2D eigenvalue weighted by atomic mass is 10.2. The fraction of sp³-hybridized carbons (Fsp3) is 0.900. The molecule has 0 saturated carbocycles. The highest BCUT2D eigenvalue weighted by atomic mass is 28.4. The van der Waals surface area contributed by atoms with Crippen LogP contribution in [0.4, 0.5) is 0 Å². The second-order valence-corrected chi connectivity index (χ2v) is 9.96. The summed E-state index contributed by atoms with van der Waals surface area (Å²) in [6.07, 6.45) is 0. The van der Waals surface area contributed by atoms with E-state index in [1.807, 2.05) is 13.1 Å². The van der Waals surface area contributed by atoms with E-state index in [4.69, 9.17) is 9.63 Å². The number of aliphatic hydroxyl groups excluding tert-OH is 1. The molecule has 16 heavy (non-hydrogen) atoms. The van der Waals surface area contributed by atoms with Crippen molar-refractivity contribution in [2.75, 3.05) is 13.7 Å². The molecular weight excluding hydrogens is 226 g/mol. The summed E-state index contributed by atoms with van der Waals surface area (Å²) in [4.78, 5) is 11.2. The zero-order valence-corrected chi connectivity index (χ0v) is 12.0. The Morgan fingerprint density at radius 2 is 1.94 bits per heavy atom. The van der Waals surface area contributed by atoms with Crippen LogP contribution in [0.5, 0.6) is 0 Å². The van der Waals surface area contributed by atoms with E-state index in [0.29, 0.717) is 0 Å². The summed E-state index contributed by atoms with van der Waals surface area (Å²) >= 11 is 0. The van der Waals surface area contributed by atoms with Crippen LogP contribution in [-0.2, 0) is 14.1 Å². The van der Waals surface area contributed by atoms with E-state index >= 15 is 0 Å². The van der Waals surface area contributed by atoms with E-state index in [9.17, 15) is 4.79 Å². The Bertz CT molecular complexity index is 237. The molecule has 96 valence electrons. The molecule has 0 fully saturated rings. The number of hydroxylamine groups is 1. The number of nitrogens with one attached hydrogen (secondary N) is 1. The first-order valence-electron chi connectivity index (χ1n) is 5.28. The molecule has 0 heterocycles. The van der Waals surface area contributed by atoms with E-state index in [1.165, 1.54) is 7.11 Å². The van der Waals surface area contributed by atoms with Crippen molar-refractivity contribution in [3.05, 3.63) is 0 Å². The maximum absolute atomic E-state index is 11.2. The van der Waals surface area contributed by atoms with Gasteiger partial charge in [-0.2, -0.15) is 5.48 Å². The van der Waals surface area contributed by atoms with E-state index in [2.05, 4.69) is 31.0 Å². The third kappa shape index (κ3) is 4.21. The van der Waals surface area contributed by atoms with E-state index < -0.39 is 20.3 Å². The predicted molar refractivity (Wildman–Crippen MR) is 64.3 cm³/mol. The first-order valence-corrected chi connectivity index (χ1v) is 8.18. The van der Waals surface area contributed by atoms with Gasteiger partial charge in [0.1, 0.15) is 0 Å². The number of hydrogen-bond donors (Lipinski definition) is 2. The summed E-state index contributed by atoms with van der Waals surface area (Å²) < 4.78 is 10.1. The van der Waals surface area contributed by atoms with Crippen molar-refractivity contribution in [2.24, 2.45) is 0 Å². The van der Waals surface area contributed by atoms with Crippen molar-refractivity contribution >= 4 is 14.3 Å². The Morgan fingerprint density at radius 1 is 1.44 bits per heavy atom. The molecule has 0 spiro atoms. The van der Waals surface area contributed by atoms with Gasteiger partial charge in [-0.1, -0.05) is 20.8 Å². The van der Waals surface area contributed by atoms with Gasteiger partial charge >= 0.3 is 5.97 Å². The van der Waals surface area contributed by atoms with Gasteiger partial charge in [-0.25, -0.2) is 0 Å². The minimum atomic E-state index is -1.97. The van der Waals surface area contributed by atoms with Crippen LogP contribution in [0.15, 0.2) is 0 Å². The largest absolute Gasteiger partial charge is 0.468 e. The van der Waals surface area contributed by atoms with Gasteiger partial charge in [0.15, 0.2) is 6.04 Å². The normalized spacial score (nSPS) is 14.7. The van der Waals surface area contributed by atoms with Gasteiger partial charge in [0, 0.05) is 0 Å². The molecule has 0 aliphatic carbocycles. The molecule has 0 amide bonds. The molecule has 0 aliphatic heterocycles. The third-order valence-electron chi connectivity index (χ3n) is 2.93. The lowest BCUT2D eigenvalue weighted by Gasteiger charge is -2.36. The molecule has 0 radical (unpaired) electrons. The van der Waals surface area contributed by atoms with Gasteiger partial charge in [-0.05, 0) is 18.1 Å². The predicted octanol–water partition coefficient (Wildman–Crippen LogP) is 1.05. The molecule has 0 unspecified atom stereocenters. The highest BCUT2D eigenvalue weighted by Crippen LogP contribution is 2.35. The van der Waals surface area contributed by atoms with Crippen LogP contribution in [0.1, 0.15) is 20.8 Å². The molecule has 0 aromatic carbocycles. The second kappa shape index (κ2) is 5.76. The number of esters is 1. The van der Waals surface area contributed by atoms with Gasteiger partial charge in [0.05, 0.1) is 13.7 Å². The number of ether oxygens (including phenoxy) is 1. The lowest BCUT2D eigenvalue weighted by Crippen LogP contribution is -2.51. The Morgan fingerprint density at radius 3 is 2.25 bits per heavy atom. The van der Waals surface area contributed by atoms with Crippen LogP contribution in [0, 0.1) is 0 Å². The van der Waals surface area contributed by atoms with Crippen molar-refractivity contribution in [1.82, 2.24) is 5.48 Å². The van der Waals surface area contributed by atoms with Crippen molar-refractivity contribution in [2.45, 2.75) is 44.9 Å². The first kappa shape index (κ1) is 15.6.